The molecule has 2 heterocycles. The molecule has 0 bridgehead atoms. The second-order valence-electron chi connectivity index (χ2n) is 5.00. The third kappa shape index (κ3) is 4.96. The van der Waals surface area contributed by atoms with Gasteiger partial charge in [-0.1, -0.05) is 12.0 Å². The molecule has 1 saturated heterocycles. The van der Waals surface area contributed by atoms with Crippen molar-refractivity contribution in [2.45, 2.75) is 26.3 Å². The van der Waals surface area contributed by atoms with Gasteiger partial charge in [-0.05, 0) is 19.9 Å². The highest BCUT2D eigenvalue weighted by Crippen LogP contribution is 2.13. The number of anilines is 1. The average Bonchev–Trinajstić information content (AvgIpc) is 2.95. The first-order valence-electron chi connectivity index (χ1n) is 7.40. The lowest BCUT2D eigenvalue weighted by atomic mass is 10.3. The van der Waals surface area contributed by atoms with E-state index in [9.17, 15) is 0 Å². The van der Waals surface area contributed by atoms with Crippen molar-refractivity contribution in [3.05, 3.63) is 5.89 Å². The Labute approximate surface area is 125 Å². The van der Waals surface area contributed by atoms with E-state index in [1.54, 1.807) is 0 Å². The number of aromatic nitrogens is 2. The van der Waals surface area contributed by atoms with Crippen LogP contribution in [-0.4, -0.2) is 59.3 Å². The molecule has 0 amide bonds. The molecule has 0 saturated carbocycles. The molecule has 1 aromatic rings. The molecular formula is C13H25N5OS. The minimum Gasteiger partial charge on any atom is -0.406 e. The van der Waals surface area contributed by atoms with E-state index in [4.69, 9.17) is 4.42 Å². The molecule has 1 unspecified atom stereocenters. The SMILES string of the molecule is CCCNC(C)c1nnc(NCCN2CCSCC2)o1. The third-order valence-corrected chi connectivity index (χ3v) is 4.26. The van der Waals surface area contributed by atoms with Crippen molar-refractivity contribution < 1.29 is 4.42 Å². The number of nitrogens with zero attached hydrogens (tertiary/aromatic N) is 3. The zero-order valence-electron chi connectivity index (χ0n) is 12.4. The average molecular weight is 299 g/mol. The fourth-order valence-corrected chi connectivity index (χ4v) is 3.05. The van der Waals surface area contributed by atoms with Gasteiger partial charge in [-0.2, -0.15) is 11.8 Å². The van der Waals surface area contributed by atoms with Crippen LogP contribution in [0.5, 0.6) is 0 Å². The summed E-state index contributed by atoms with van der Waals surface area (Å²) in [5, 5.41) is 14.7. The molecule has 1 atom stereocenters. The number of thioether (sulfide) groups is 1. The highest BCUT2D eigenvalue weighted by Gasteiger charge is 2.13. The van der Waals surface area contributed by atoms with Gasteiger partial charge >= 0.3 is 6.01 Å². The zero-order chi connectivity index (χ0) is 14.2. The molecule has 0 aliphatic carbocycles. The van der Waals surface area contributed by atoms with E-state index < -0.39 is 0 Å². The number of nitrogens with one attached hydrogen (secondary N) is 2. The highest BCUT2D eigenvalue weighted by molar-refractivity contribution is 7.99. The third-order valence-electron chi connectivity index (χ3n) is 3.32. The summed E-state index contributed by atoms with van der Waals surface area (Å²) in [6.45, 7) is 9.38. The Kier molecular flexibility index (Phi) is 6.62. The molecule has 0 radical (unpaired) electrons. The second-order valence-corrected chi connectivity index (χ2v) is 6.23. The Morgan fingerprint density at radius 2 is 2.10 bits per heavy atom. The fourth-order valence-electron chi connectivity index (χ4n) is 2.07. The molecule has 1 aromatic heterocycles. The molecule has 114 valence electrons. The van der Waals surface area contributed by atoms with Crippen molar-refractivity contribution in [2.24, 2.45) is 0 Å². The van der Waals surface area contributed by atoms with E-state index in [1.807, 2.05) is 18.7 Å². The molecule has 1 aliphatic rings. The molecule has 1 aliphatic heterocycles. The van der Waals surface area contributed by atoms with Crippen molar-refractivity contribution in [2.75, 3.05) is 49.5 Å². The van der Waals surface area contributed by atoms with Crippen LogP contribution in [0.1, 0.15) is 32.2 Å². The van der Waals surface area contributed by atoms with Gasteiger partial charge in [-0.15, -0.1) is 5.10 Å². The summed E-state index contributed by atoms with van der Waals surface area (Å²) in [6, 6.07) is 0.633. The summed E-state index contributed by atoms with van der Waals surface area (Å²) < 4.78 is 5.61. The van der Waals surface area contributed by atoms with Crippen molar-refractivity contribution in [1.29, 1.82) is 0 Å². The Bertz CT molecular complexity index is 381. The van der Waals surface area contributed by atoms with Crippen molar-refractivity contribution in [3.63, 3.8) is 0 Å². The summed E-state index contributed by atoms with van der Waals surface area (Å²) in [7, 11) is 0. The molecule has 0 aromatic carbocycles. The summed E-state index contributed by atoms with van der Waals surface area (Å²) in [6.07, 6.45) is 1.09. The fraction of sp³-hybridized carbons (Fsp3) is 0.846. The van der Waals surface area contributed by atoms with E-state index >= 15 is 0 Å². The van der Waals surface area contributed by atoms with Crippen LogP contribution in [0.4, 0.5) is 6.01 Å². The van der Waals surface area contributed by atoms with Crippen molar-refractivity contribution >= 4 is 17.8 Å². The number of hydrogen-bond donors (Lipinski definition) is 2. The summed E-state index contributed by atoms with van der Waals surface area (Å²) in [5.74, 6) is 3.13. The van der Waals surface area contributed by atoms with Crippen LogP contribution in [0.3, 0.4) is 0 Å². The quantitative estimate of drug-likeness (QED) is 0.755. The second kappa shape index (κ2) is 8.49. The van der Waals surface area contributed by atoms with Crippen LogP contribution in [0, 0.1) is 0 Å². The molecular weight excluding hydrogens is 274 g/mol. The predicted molar refractivity (Wildman–Crippen MR) is 83.3 cm³/mol. The van der Waals surface area contributed by atoms with E-state index in [2.05, 4.69) is 32.7 Å². The minimum absolute atomic E-state index is 0.108. The molecule has 6 nitrogen and oxygen atoms in total. The first-order chi connectivity index (χ1) is 9.79. The molecule has 7 heteroatoms. The van der Waals surface area contributed by atoms with Crippen LogP contribution >= 0.6 is 11.8 Å². The largest absolute Gasteiger partial charge is 0.406 e. The van der Waals surface area contributed by atoms with E-state index in [1.165, 1.54) is 24.6 Å². The molecule has 2 rings (SSSR count). The number of hydrogen-bond acceptors (Lipinski definition) is 7. The topological polar surface area (TPSA) is 66.2 Å². The molecule has 2 N–H and O–H groups in total. The first kappa shape index (κ1) is 15.6. The van der Waals surface area contributed by atoms with Gasteiger partial charge in [0.25, 0.3) is 0 Å². The predicted octanol–water partition coefficient (Wildman–Crippen LogP) is 1.59. The summed E-state index contributed by atoms with van der Waals surface area (Å²) in [5.41, 5.74) is 0. The van der Waals surface area contributed by atoms with E-state index in [0.29, 0.717) is 11.9 Å². The Balaban J connectivity index is 1.69. The van der Waals surface area contributed by atoms with Gasteiger partial charge in [-0.25, -0.2) is 0 Å². The van der Waals surface area contributed by atoms with Gasteiger partial charge in [0.1, 0.15) is 0 Å². The lowest BCUT2D eigenvalue weighted by molar-refractivity contribution is 0.313. The summed E-state index contributed by atoms with van der Waals surface area (Å²) >= 11 is 2.03. The Hall–Kier alpha value is -0.790. The van der Waals surface area contributed by atoms with Crippen LogP contribution in [0.25, 0.3) is 0 Å². The maximum atomic E-state index is 5.61. The highest BCUT2D eigenvalue weighted by atomic mass is 32.2. The summed E-state index contributed by atoms with van der Waals surface area (Å²) in [4.78, 5) is 2.46. The molecule has 20 heavy (non-hydrogen) atoms. The van der Waals surface area contributed by atoms with Gasteiger partial charge in [0.05, 0.1) is 6.04 Å². The lowest BCUT2D eigenvalue weighted by Crippen LogP contribution is -2.36. The molecule has 1 fully saturated rings. The van der Waals surface area contributed by atoms with Gasteiger partial charge in [-0.3, -0.25) is 4.90 Å². The number of rotatable bonds is 8. The Morgan fingerprint density at radius 1 is 1.30 bits per heavy atom. The monoisotopic (exact) mass is 299 g/mol. The molecule has 0 spiro atoms. The van der Waals surface area contributed by atoms with E-state index in [-0.39, 0.29) is 6.04 Å². The van der Waals surface area contributed by atoms with Crippen LogP contribution in [0.15, 0.2) is 4.42 Å². The minimum atomic E-state index is 0.108. The first-order valence-corrected chi connectivity index (χ1v) is 8.56. The van der Waals surface area contributed by atoms with Crippen molar-refractivity contribution in [3.8, 4) is 0 Å². The van der Waals surface area contributed by atoms with Gasteiger partial charge < -0.3 is 15.1 Å². The van der Waals surface area contributed by atoms with Crippen LogP contribution < -0.4 is 10.6 Å². The van der Waals surface area contributed by atoms with Gasteiger partial charge in [0.15, 0.2) is 0 Å². The van der Waals surface area contributed by atoms with Gasteiger partial charge in [0.2, 0.25) is 5.89 Å². The normalized spacial score (nSPS) is 18.1. The van der Waals surface area contributed by atoms with Crippen LogP contribution in [-0.2, 0) is 0 Å². The van der Waals surface area contributed by atoms with Gasteiger partial charge in [0, 0.05) is 37.7 Å². The maximum absolute atomic E-state index is 5.61. The maximum Gasteiger partial charge on any atom is 0.315 e. The van der Waals surface area contributed by atoms with E-state index in [0.717, 1.165) is 26.1 Å². The van der Waals surface area contributed by atoms with Crippen LogP contribution in [0.2, 0.25) is 0 Å². The lowest BCUT2D eigenvalue weighted by Gasteiger charge is -2.25. The standard InChI is InChI=1S/C13H25N5OS/c1-3-4-14-11(2)12-16-17-13(19-12)15-5-6-18-7-9-20-10-8-18/h11,14H,3-10H2,1-2H3,(H,15,17). The zero-order valence-corrected chi connectivity index (χ0v) is 13.2. The van der Waals surface area contributed by atoms with Crippen molar-refractivity contribution in [1.82, 2.24) is 20.4 Å². The Morgan fingerprint density at radius 3 is 2.85 bits per heavy atom. The smallest absolute Gasteiger partial charge is 0.315 e.